The van der Waals surface area contributed by atoms with E-state index in [2.05, 4.69) is 15.2 Å². The number of carbonyl (C=O) groups excluding carboxylic acids is 2. The van der Waals surface area contributed by atoms with Gasteiger partial charge >= 0.3 is 18.2 Å². The molecular weight excluding hydrogens is 355 g/mol. The SMILES string of the molecule is CCOC(=O)C(NC(=O)Nc1cc(C)on1)(c1ccccc1)C(F)(F)F. The number of rotatable bonds is 5. The zero-order chi connectivity index (χ0) is 19.4. The molecule has 2 N–H and O–H groups in total. The van der Waals surface area contributed by atoms with Crippen LogP contribution in [0.3, 0.4) is 0 Å². The first kappa shape index (κ1) is 19.3. The van der Waals surface area contributed by atoms with Crippen LogP contribution in [0.4, 0.5) is 23.8 Å². The highest BCUT2D eigenvalue weighted by Crippen LogP contribution is 2.40. The summed E-state index contributed by atoms with van der Waals surface area (Å²) in [5.74, 6) is -1.41. The van der Waals surface area contributed by atoms with Gasteiger partial charge in [-0.1, -0.05) is 35.5 Å². The first-order chi connectivity index (χ1) is 12.2. The van der Waals surface area contributed by atoms with Crippen molar-refractivity contribution in [3.63, 3.8) is 0 Å². The van der Waals surface area contributed by atoms with Gasteiger partial charge in [-0.05, 0) is 19.4 Å². The van der Waals surface area contributed by atoms with Gasteiger partial charge < -0.3 is 14.6 Å². The van der Waals surface area contributed by atoms with Crippen LogP contribution in [0.5, 0.6) is 0 Å². The fourth-order valence-corrected chi connectivity index (χ4v) is 2.26. The highest BCUT2D eigenvalue weighted by atomic mass is 19.4. The number of alkyl halides is 3. The van der Waals surface area contributed by atoms with Gasteiger partial charge in [0.1, 0.15) is 5.76 Å². The molecule has 0 spiro atoms. The Morgan fingerprint density at radius 3 is 2.38 bits per heavy atom. The molecule has 0 aliphatic rings. The third-order valence-electron chi connectivity index (χ3n) is 3.38. The lowest BCUT2D eigenvalue weighted by atomic mass is 9.89. The number of esters is 1. The van der Waals surface area contributed by atoms with Crippen molar-refractivity contribution in [1.29, 1.82) is 0 Å². The first-order valence-corrected chi connectivity index (χ1v) is 7.52. The number of hydrogen-bond acceptors (Lipinski definition) is 5. The number of nitrogens with zero attached hydrogens (tertiary/aromatic N) is 1. The van der Waals surface area contributed by atoms with Gasteiger partial charge in [-0.3, -0.25) is 5.32 Å². The van der Waals surface area contributed by atoms with E-state index in [4.69, 9.17) is 4.52 Å². The number of halogens is 3. The second kappa shape index (κ2) is 7.46. The zero-order valence-electron chi connectivity index (χ0n) is 13.9. The lowest BCUT2D eigenvalue weighted by Gasteiger charge is -2.34. The van der Waals surface area contributed by atoms with E-state index >= 15 is 0 Å². The van der Waals surface area contributed by atoms with Crippen LogP contribution >= 0.6 is 0 Å². The summed E-state index contributed by atoms with van der Waals surface area (Å²) in [5.41, 5.74) is -3.87. The maximum atomic E-state index is 14.0. The Balaban J connectivity index is 2.44. The van der Waals surface area contributed by atoms with Crippen LogP contribution in [0.15, 0.2) is 40.9 Å². The summed E-state index contributed by atoms with van der Waals surface area (Å²) in [4.78, 5) is 24.4. The molecule has 7 nitrogen and oxygen atoms in total. The minimum absolute atomic E-state index is 0.104. The van der Waals surface area contributed by atoms with E-state index in [0.717, 1.165) is 12.1 Å². The summed E-state index contributed by atoms with van der Waals surface area (Å²) in [6.45, 7) is 2.61. The number of hydrogen-bond donors (Lipinski definition) is 2. The average Bonchev–Trinajstić information content (AvgIpc) is 2.97. The molecule has 10 heteroatoms. The van der Waals surface area contributed by atoms with Crippen LogP contribution in [0.25, 0.3) is 0 Å². The van der Waals surface area contributed by atoms with Gasteiger partial charge in [-0.2, -0.15) is 13.2 Å². The molecule has 1 aromatic carbocycles. The highest BCUT2D eigenvalue weighted by Gasteiger charge is 2.64. The van der Waals surface area contributed by atoms with Gasteiger partial charge in [0.2, 0.25) is 0 Å². The number of aromatic nitrogens is 1. The molecule has 2 rings (SSSR count). The fourth-order valence-electron chi connectivity index (χ4n) is 2.26. The number of ether oxygens (including phenoxy) is 1. The van der Waals surface area contributed by atoms with Gasteiger partial charge in [0.15, 0.2) is 5.82 Å². The normalized spacial score (nSPS) is 13.6. The minimum atomic E-state index is -5.17. The Labute approximate surface area is 146 Å². The van der Waals surface area contributed by atoms with Gasteiger partial charge in [-0.25, -0.2) is 9.59 Å². The molecule has 0 fully saturated rings. The summed E-state index contributed by atoms with van der Waals surface area (Å²) in [5, 5.41) is 7.25. The number of benzene rings is 1. The summed E-state index contributed by atoms with van der Waals surface area (Å²) in [6, 6.07) is 6.27. The van der Waals surface area contributed by atoms with Crippen molar-refractivity contribution in [3.05, 3.63) is 47.7 Å². The van der Waals surface area contributed by atoms with Crippen LogP contribution in [-0.2, 0) is 15.1 Å². The molecular formula is C16H16F3N3O4. The smallest absolute Gasteiger partial charge is 0.426 e. The van der Waals surface area contributed by atoms with Crippen LogP contribution < -0.4 is 10.6 Å². The van der Waals surface area contributed by atoms with Crippen molar-refractivity contribution < 1.29 is 32.0 Å². The van der Waals surface area contributed by atoms with Crippen LogP contribution in [0, 0.1) is 6.92 Å². The molecule has 1 heterocycles. The fraction of sp³-hybridized carbons (Fsp3) is 0.312. The number of nitrogens with one attached hydrogen (secondary N) is 2. The van der Waals surface area contributed by atoms with Gasteiger partial charge in [0.25, 0.3) is 5.54 Å². The molecule has 0 saturated heterocycles. The van der Waals surface area contributed by atoms with E-state index in [-0.39, 0.29) is 12.4 Å². The Hall–Kier alpha value is -3.04. The van der Waals surface area contributed by atoms with Crippen LogP contribution in [-0.4, -0.2) is 29.9 Å². The number of anilines is 1. The lowest BCUT2D eigenvalue weighted by Crippen LogP contribution is -2.62. The van der Waals surface area contributed by atoms with Crippen molar-refractivity contribution in [2.45, 2.75) is 25.6 Å². The summed E-state index contributed by atoms with van der Waals surface area (Å²) < 4.78 is 51.2. The molecule has 0 radical (unpaired) electrons. The second-order valence-corrected chi connectivity index (χ2v) is 5.24. The molecule has 26 heavy (non-hydrogen) atoms. The number of urea groups is 1. The van der Waals surface area contributed by atoms with Crippen molar-refractivity contribution in [3.8, 4) is 0 Å². The van der Waals surface area contributed by atoms with Gasteiger partial charge in [-0.15, -0.1) is 0 Å². The van der Waals surface area contributed by atoms with Crippen molar-refractivity contribution in [1.82, 2.24) is 10.5 Å². The largest absolute Gasteiger partial charge is 0.464 e. The summed E-state index contributed by atoms with van der Waals surface area (Å²) >= 11 is 0. The molecule has 140 valence electrons. The molecule has 1 unspecified atom stereocenters. The molecule has 2 aromatic rings. The third kappa shape index (κ3) is 3.79. The Morgan fingerprint density at radius 1 is 1.23 bits per heavy atom. The van der Waals surface area contributed by atoms with E-state index in [1.807, 2.05) is 0 Å². The minimum Gasteiger partial charge on any atom is -0.464 e. The third-order valence-corrected chi connectivity index (χ3v) is 3.38. The van der Waals surface area contributed by atoms with Crippen molar-refractivity contribution >= 4 is 17.8 Å². The van der Waals surface area contributed by atoms with E-state index in [1.54, 1.807) is 12.2 Å². The Bertz CT molecular complexity index is 777. The van der Waals surface area contributed by atoms with Crippen molar-refractivity contribution in [2.75, 3.05) is 11.9 Å². The highest BCUT2D eigenvalue weighted by molar-refractivity contribution is 5.95. The van der Waals surface area contributed by atoms with E-state index < -0.39 is 29.3 Å². The van der Waals surface area contributed by atoms with Gasteiger partial charge in [0.05, 0.1) is 6.61 Å². The Morgan fingerprint density at radius 2 is 1.88 bits per heavy atom. The first-order valence-electron chi connectivity index (χ1n) is 7.52. The molecule has 0 aliphatic carbocycles. The van der Waals surface area contributed by atoms with Crippen LogP contribution in [0.1, 0.15) is 18.2 Å². The predicted molar refractivity (Wildman–Crippen MR) is 84.2 cm³/mol. The molecule has 1 aromatic heterocycles. The number of carbonyl (C=O) groups is 2. The maximum absolute atomic E-state index is 14.0. The molecule has 2 amide bonds. The number of amides is 2. The summed E-state index contributed by atoms with van der Waals surface area (Å²) in [7, 11) is 0. The molecule has 0 aliphatic heterocycles. The standard InChI is InChI=1S/C16H16F3N3O4/c1-3-25-13(23)15(16(17,18)19,11-7-5-4-6-8-11)21-14(24)20-12-9-10(2)26-22-12/h4-9H,3H2,1-2H3,(H2,20,21,22,24). The zero-order valence-corrected chi connectivity index (χ0v) is 13.9. The van der Waals surface area contributed by atoms with E-state index in [9.17, 15) is 22.8 Å². The monoisotopic (exact) mass is 371 g/mol. The van der Waals surface area contributed by atoms with E-state index in [0.29, 0.717) is 5.76 Å². The molecule has 0 saturated carbocycles. The Kier molecular flexibility index (Phi) is 5.53. The maximum Gasteiger partial charge on any atom is 0.426 e. The van der Waals surface area contributed by atoms with Gasteiger partial charge in [0, 0.05) is 6.07 Å². The second-order valence-electron chi connectivity index (χ2n) is 5.24. The average molecular weight is 371 g/mol. The summed E-state index contributed by atoms with van der Waals surface area (Å²) in [6.07, 6.45) is -5.17. The lowest BCUT2D eigenvalue weighted by molar-refractivity contribution is -0.213. The quantitative estimate of drug-likeness (QED) is 0.788. The van der Waals surface area contributed by atoms with Crippen molar-refractivity contribution in [2.24, 2.45) is 0 Å². The van der Waals surface area contributed by atoms with Crippen LogP contribution in [0.2, 0.25) is 0 Å². The topological polar surface area (TPSA) is 93.5 Å². The van der Waals surface area contributed by atoms with E-state index in [1.165, 1.54) is 31.2 Å². The molecule has 0 bridgehead atoms. The number of aryl methyl sites for hydroxylation is 1. The molecule has 1 atom stereocenters. The predicted octanol–water partition coefficient (Wildman–Crippen LogP) is 3.13.